The topological polar surface area (TPSA) is 104 Å². The number of hydrogen-bond acceptors (Lipinski definition) is 49. The summed E-state index contributed by atoms with van der Waals surface area (Å²) >= 11 is 280. The fraction of sp³-hybridized carbons (Fsp3) is 0.400. The molecule has 6 nitrogen and oxygen atoms in total. The zero-order valence-electron chi connectivity index (χ0n) is 34.7. The maximum Gasteiger partial charge on any atom is 0.394 e. The normalized spacial score (nSPS) is 16.2. The van der Waals surface area contributed by atoms with Gasteiger partial charge in [0.1, 0.15) is 6.04 Å². The predicted octanol–water partition coefficient (Wildman–Crippen LogP) is -0.239. The smallest absolute Gasteiger partial charge is 0.394 e. The quantitative estimate of drug-likeness (QED) is 0.0336. The van der Waals surface area contributed by atoms with Crippen LogP contribution >= 0.6 is 32.9 Å². The highest BCUT2D eigenvalue weighted by molar-refractivity contribution is 14.2. The number of carbonyl (C=O) groups excluding carboxylic acids is 1. The van der Waals surface area contributed by atoms with Gasteiger partial charge in [0.25, 0.3) is 0 Å². The molecule has 0 aliphatic rings. The van der Waals surface area contributed by atoms with E-state index in [0.717, 1.165) is 0 Å². The number of amides is 1. The SMILES string of the molecule is C[C@H](NC(=O)C(=O)O)C(=O)O.S=S(=S)(S)S(=S)(=S)S(=S)(=S)S(=S)(=S)S(=S)(=S)S(=S)(=S)S(=S)(=S)S(=S)(=S)S(=S)(=S)S(=S)(=S)S(=S)(=S)S(=S)(=S)S(=S)(=S)S(=S)(=S)S(=S)(=S)S(=S)(=S)S(=S)(=S)S(=S)(=S)S(=S)(=S)S(=S)(=S)S(=S)(=S)S(=S)(=S)S(=S)(=S)I. The highest BCUT2D eigenvalue weighted by Crippen LogP contribution is 2.45. The van der Waals surface area contributed by atoms with Gasteiger partial charge in [-0.15, -0.1) is 0 Å². The molecule has 0 aliphatic carbocycles. The lowest BCUT2D eigenvalue weighted by molar-refractivity contribution is -0.151. The van der Waals surface area contributed by atoms with Crippen LogP contribution in [0.25, 0.3) is 0 Å². The fourth-order valence-corrected chi connectivity index (χ4v) is 531. The number of carbonyl (C=O) groups is 3. The summed E-state index contributed by atoms with van der Waals surface area (Å²) in [5.74, 6) is -4.29. The molecule has 0 heterocycles. The van der Waals surface area contributed by atoms with Crippen LogP contribution in [-0.2, 0) is 647 Å². The van der Waals surface area contributed by atoms with Gasteiger partial charge in [-0.25, -0.2) is 4.79 Å². The van der Waals surface area contributed by atoms with Crippen LogP contribution in [0.4, 0.5) is 0 Å². The Bertz CT molecular complexity index is 5370. The average molecular weight is 2530 g/mol. The monoisotopic (exact) mass is 2530 g/mol. The van der Waals surface area contributed by atoms with E-state index in [1.165, 1.54) is 6.92 Å². The van der Waals surface area contributed by atoms with E-state index in [9.17, 15) is 14.4 Å². The molecule has 82 heavy (non-hydrogen) atoms. The van der Waals surface area contributed by atoms with Crippen LogP contribution in [0.2, 0.25) is 0 Å². The van der Waals surface area contributed by atoms with Crippen molar-refractivity contribution in [2.24, 2.45) is 0 Å². The first-order chi connectivity index (χ1) is 34.4. The molecule has 1 amide bonds. The van der Waals surface area contributed by atoms with Gasteiger partial charge in [-0.3, -0.25) is 9.59 Å². The van der Waals surface area contributed by atoms with Crippen molar-refractivity contribution in [3.8, 4) is 0 Å². The van der Waals surface area contributed by atoms with Crippen LogP contribution in [0.3, 0.4) is 0 Å². The Kier molecular flexibility index (Phi) is 41.0. The maximum atomic E-state index is 10.3. The number of thiol groups is 1. The number of aliphatic carboxylic acids is 2. The van der Waals surface area contributed by atoms with Crippen LogP contribution in [0.5, 0.6) is 0 Å². The molecule has 1 atom stereocenters. The van der Waals surface area contributed by atoms with E-state index in [0.29, 0.717) is 0 Å². The van der Waals surface area contributed by atoms with Crippen LogP contribution in [-0.4, -0.2) is 34.1 Å². The lowest BCUT2D eigenvalue weighted by Gasteiger charge is -2.36. The lowest BCUT2D eigenvalue weighted by atomic mass is 10.3. The summed E-state index contributed by atoms with van der Waals surface area (Å²) in [6, 6.07) is -1.18. The number of nitrogens with one attached hydrogen (secondary N) is 1. The molecule has 0 aromatic carbocycles. The molecule has 0 unspecified atom stereocenters. The zero-order chi connectivity index (χ0) is 68.5. The molecule has 0 bridgehead atoms. The Morgan fingerprint density at radius 1 is 0.293 bits per heavy atom. The second-order valence-corrected chi connectivity index (χ2v) is 262. The van der Waals surface area contributed by atoms with Crippen molar-refractivity contribution in [2.45, 2.75) is 13.0 Å². The molecule has 0 fully saturated rings. The molecule has 0 radical (unpaired) electrons. The summed E-state index contributed by atoms with van der Waals surface area (Å²) in [4.78, 5) is 30.2. The van der Waals surface area contributed by atoms with Gasteiger partial charge in [0.15, 0.2) is 0 Å². The van der Waals surface area contributed by atoms with E-state index < -0.39 is 142 Å². The zero-order valence-corrected chi connectivity index (χ0v) is 94.1. The van der Waals surface area contributed by atoms with Crippen molar-refractivity contribution >= 4 is 683 Å². The van der Waals surface area contributed by atoms with Gasteiger partial charge < -0.3 is 15.5 Å². The molecule has 0 rings (SSSR count). The summed E-state index contributed by atoms with van der Waals surface area (Å²) in [6.45, 7) is 1.17. The molecule has 0 aromatic rings. The molecule has 0 aromatic heterocycles. The van der Waals surface area contributed by atoms with E-state index in [4.69, 9.17) is 525 Å². The van der Waals surface area contributed by atoms with Gasteiger partial charge in [-0.2, -0.15) is 0 Å². The molecule has 77 heteroatoms. The molecule has 0 saturated heterocycles. The fourth-order valence-electron chi connectivity index (χ4n) is 2.46. The van der Waals surface area contributed by atoms with E-state index >= 15 is 0 Å². The van der Waals surface area contributed by atoms with Crippen LogP contribution in [0.15, 0.2) is 0 Å². The average Bonchev–Trinajstić information content (AvgIpc) is 3.24. The molecular weight excluding hydrogens is 2530 g/mol. The van der Waals surface area contributed by atoms with Gasteiger partial charge in [0, 0.05) is 139 Å². The molecule has 3 N–H and O–H groups in total. The van der Waals surface area contributed by atoms with E-state index in [1.54, 1.807) is 26.5 Å². The molecule has 490 valence electrons. The summed E-state index contributed by atoms with van der Waals surface area (Å²) in [5, 5.41) is -64.3. The minimum atomic E-state index is -4.01. The van der Waals surface area contributed by atoms with Crippen LogP contribution in [0.1, 0.15) is 6.92 Å². The van der Waals surface area contributed by atoms with Gasteiger partial charge in [-0.1, -0.05) is 11.7 Å². The van der Waals surface area contributed by atoms with Crippen molar-refractivity contribution in [3.63, 3.8) is 0 Å². The van der Waals surface area contributed by atoms with Crippen molar-refractivity contribution in [1.29, 1.82) is 0 Å². The molecule has 0 saturated carbocycles. The second-order valence-electron chi connectivity index (χ2n) is 11.2. The Hall–Kier alpha value is 17.7. The maximum absolute atomic E-state index is 10.3. The van der Waals surface area contributed by atoms with E-state index in [1.807, 2.05) is 0 Å². The Labute approximate surface area is 705 Å². The summed E-state index contributed by atoms with van der Waals surface area (Å²) in [6.07, 6.45) is 0. The lowest BCUT2D eigenvalue weighted by Crippen LogP contribution is -2.41. The number of halogens is 1. The first-order valence-corrected chi connectivity index (χ1v) is 109. The minimum Gasteiger partial charge on any atom is -0.480 e. The highest BCUT2D eigenvalue weighted by atomic mass is 127. The van der Waals surface area contributed by atoms with Crippen molar-refractivity contribution in [2.75, 3.05) is 0 Å². The van der Waals surface area contributed by atoms with Gasteiger partial charge >= 0.3 is 17.8 Å². The Balaban J connectivity index is 0. The second kappa shape index (κ2) is 33.1. The number of carboxylic acid groups (broad SMARTS) is 2. The van der Waals surface area contributed by atoms with Gasteiger partial charge in [-0.05, 0) is 522 Å². The molecule has 0 spiro atoms. The van der Waals surface area contributed by atoms with Crippen molar-refractivity contribution < 1.29 is 24.6 Å². The van der Waals surface area contributed by atoms with Gasteiger partial charge in [0.05, 0.1) is 0 Å². The number of carboxylic acids is 2. The van der Waals surface area contributed by atoms with Crippen LogP contribution < -0.4 is 5.32 Å². The first kappa shape index (κ1) is 102. The van der Waals surface area contributed by atoms with Crippen molar-refractivity contribution in [1.82, 2.24) is 5.32 Å². The third-order valence-electron chi connectivity index (χ3n) is 6.41. The van der Waals surface area contributed by atoms with Crippen molar-refractivity contribution in [3.05, 3.63) is 0 Å². The van der Waals surface area contributed by atoms with E-state index in [-0.39, 0.29) is 0 Å². The standard InChI is InChI=1S/C5H7NO5.HIS70/c1-2(4(8)9)6-3(7)5(10)11;1-49(2,3)51(7,8)53(11,12)55(15,16)57(19,20)59(23,24)61(27,28)63(31,32)65(35,36)67(39,40)69(43,44)71(47,48)70(45,46)68(41,42)66(37,38)64(33,34)62(29,30)60(25,26)58(21,22)56(17,18)54(13,14)52(9,10)50(4,5)6/h2H,1H3,(H,6,7)(H,8,9)(H,10,11);(H,4,5,6)/t2-;/m0./s1. The summed E-state index contributed by atoms with van der Waals surface area (Å²) in [5.41, 5.74) is 0. The summed E-state index contributed by atoms with van der Waals surface area (Å²) in [7, 11) is 0. The van der Waals surface area contributed by atoms with Gasteiger partial charge in [0.2, 0.25) is 0 Å². The largest absolute Gasteiger partial charge is 0.480 e. The molecular formula is C5H8INO5S70. The summed E-state index contributed by atoms with van der Waals surface area (Å²) < 4.78 is -2.71. The third-order valence-corrected chi connectivity index (χ3v) is 454. The highest BCUT2D eigenvalue weighted by Gasteiger charge is 2.48. The first-order valence-electron chi connectivity index (χ1n) is 14.4. The predicted molar refractivity (Wildman–Crippen MR) is 564 cm³/mol. The number of hydrogen-bond donors (Lipinski definition) is 4. The third kappa shape index (κ3) is 17.6. The number of rotatable bonds is 24. The Morgan fingerprint density at radius 3 is 0.512 bits per heavy atom. The van der Waals surface area contributed by atoms with Crippen LogP contribution in [0, 0.1) is 0 Å². The Morgan fingerprint density at radius 2 is 0.415 bits per heavy atom. The minimum absolute atomic E-state index is 1.17. The van der Waals surface area contributed by atoms with E-state index in [2.05, 4.69) is 11.7 Å². The molecule has 0 aliphatic heterocycles.